The Hall–Kier alpha value is -2.30. The van der Waals surface area contributed by atoms with Gasteiger partial charge in [0, 0.05) is 41.7 Å². The maximum Gasteiger partial charge on any atom is 0.336 e. The topological polar surface area (TPSA) is 70.8 Å². The summed E-state index contributed by atoms with van der Waals surface area (Å²) in [5.41, 5.74) is 3.38. The molecule has 1 atom stereocenters. The third-order valence-corrected chi connectivity index (χ3v) is 5.23. The quantitative estimate of drug-likeness (QED) is 0.848. The Bertz CT molecular complexity index is 881. The van der Waals surface area contributed by atoms with Gasteiger partial charge in [-0.15, -0.1) is 0 Å². The lowest BCUT2D eigenvalue weighted by Gasteiger charge is -2.47. The number of carbonyl (C=O) groups is 1. The van der Waals surface area contributed by atoms with Crippen molar-refractivity contribution in [1.29, 1.82) is 0 Å². The second-order valence-corrected chi connectivity index (χ2v) is 7.72. The normalized spacial score (nSPS) is 19.0. The van der Waals surface area contributed by atoms with Gasteiger partial charge < -0.3 is 14.4 Å². The maximum atomic E-state index is 11.7. The number of carboxylic acids is 1. The lowest BCUT2D eigenvalue weighted by atomic mass is 9.79. The molecule has 2 heterocycles. The van der Waals surface area contributed by atoms with Gasteiger partial charge in [-0.1, -0.05) is 6.92 Å². The molecule has 0 saturated carbocycles. The third kappa shape index (κ3) is 3.28. The molecule has 1 aliphatic rings. The van der Waals surface area contributed by atoms with Gasteiger partial charge in [-0.05, 0) is 56.7 Å². The van der Waals surface area contributed by atoms with Crippen LogP contribution in [0.2, 0.25) is 0 Å². The monoisotopic (exact) mass is 343 g/mol. The molecule has 5 nitrogen and oxygen atoms in total. The molecule has 5 heteroatoms. The molecule has 1 N–H and O–H groups in total. The zero-order valence-corrected chi connectivity index (χ0v) is 15.3. The van der Waals surface area contributed by atoms with Crippen molar-refractivity contribution >= 4 is 22.6 Å². The van der Waals surface area contributed by atoms with Gasteiger partial charge in [-0.2, -0.15) is 0 Å². The van der Waals surface area contributed by atoms with Crippen LogP contribution < -0.4 is 10.5 Å². The molecular formula is C20H25NO4. The van der Waals surface area contributed by atoms with Gasteiger partial charge in [0.2, 0.25) is 0 Å². The first kappa shape index (κ1) is 17.5. The minimum absolute atomic E-state index is 0.0806. The van der Waals surface area contributed by atoms with E-state index >= 15 is 0 Å². The summed E-state index contributed by atoms with van der Waals surface area (Å²) in [6.07, 6.45) is 1.73. The van der Waals surface area contributed by atoms with Crippen LogP contribution in [0.15, 0.2) is 27.4 Å². The van der Waals surface area contributed by atoms with Crippen molar-refractivity contribution in [3.63, 3.8) is 0 Å². The summed E-state index contributed by atoms with van der Waals surface area (Å²) >= 11 is 0. The number of hydrogen-bond acceptors (Lipinski definition) is 4. The average Bonchev–Trinajstić information content (AvgIpc) is 2.48. The Morgan fingerprint density at radius 2 is 2.08 bits per heavy atom. The molecule has 0 amide bonds. The Labute approximate surface area is 147 Å². The predicted octanol–water partition coefficient (Wildman–Crippen LogP) is 4.06. The van der Waals surface area contributed by atoms with E-state index in [1.165, 1.54) is 11.6 Å². The average molecular weight is 343 g/mol. The van der Waals surface area contributed by atoms with Crippen molar-refractivity contribution in [2.24, 2.45) is 0 Å². The minimum Gasteiger partial charge on any atom is -0.481 e. The first-order valence-corrected chi connectivity index (χ1v) is 8.77. The van der Waals surface area contributed by atoms with Crippen LogP contribution in [0.1, 0.15) is 57.1 Å². The predicted molar refractivity (Wildman–Crippen MR) is 98.5 cm³/mol. The van der Waals surface area contributed by atoms with Crippen molar-refractivity contribution in [2.75, 3.05) is 11.4 Å². The highest BCUT2D eigenvalue weighted by Crippen LogP contribution is 2.45. The first-order chi connectivity index (χ1) is 11.7. The van der Waals surface area contributed by atoms with E-state index in [9.17, 15) is 9.59 Å². The largest absolute Gasteiger partial charge is 0.481 e. The van der Waals surface area contributed by atoms with Crippen LogP contribution in [-0.4, -0.2) is 23.2 Å². The molecule has 0 fully saturated rings. The first-order valence-electron chi connectivity index (χ1n) is 8.77. The Morgan fingerprint density at radius 1 is 1.36 bits per heavy atom. The molecule has 134 valence electrons. The van der Waals surface area contributed by atoms with Gasteiger partial charge in [0.1, 0.15) is 5.58 Å². The number of aryl methyl sites for hydroxylation is 1. The van der Waals surface area contributed by atoms with E-state index in [-0.39, 0.29) is 17.6 Å². The molecule has 0 aliphatic carbocycles. The number of aliphatic carboxylic acids is 1. The number of nitrogens with zero attached hydrogens (tertiary/aromatic N) is 1. The molecular weight excluding hydrogens is 318 g/mol. The Balaban J connectivity index is 2.12. The van der Waals surface area contributed by atoms with Gasteiger partial charge in [0.05, 0.1) is 0 Å². The number of benzene rings is 1. The standard InChI is InChI=1S/C20H25NO4/c1-12-8-19(24)25-17-10-16-14(9-15(12)17)13(2)11-20(3,4)21(16)7-5-6-18(22)23/h8-10,13H,5-7,11H2,1-4H3,(H,22,23). The highest BCUT2D eigenvalue weighted by molar-refractivity contribution is 5.86. The summed E-state index contributed by atoms with van der Waals surface area (Å²) in [6, 6.07) is 5.61. The van der Waals surface area contributed by atoms with E-state index in [1.54, 1.807) is 0 Å². The zero-order chi connectivity index (χ0) is 18.4. The lowest BCUT2D eigenvalue weighted by molar-refractivity contribution is -0.137. The highest BCUT2D eigenvalue weighted by atomic mass is 16.4. The van der Waals surface area contributed by atoms with Crippen molar-refractivity contribution < 1.29 is 14.3 Å². The fraction of sp³-hybridized carbons (Fsp3) is 0.500. The van der Waals surface area contributed by atoms with Crippen LogP contribution in [0.4, 0.5) is 5.69 Å². The number of carboxylic acid groups (broad SMARTS) is 1. The smallest absolute Gasteiger partial charge is 0.336 e. The van der Waals surface area contributed by atoms with Crippen LogP contribution in [0, 0.1) is 6.92 Å². The van der Waals surface area contributed by atoms with Gasteiger partial charge in [-0.3, -0.25) is 4.79 Å². The highest BCUT2D eigenvalue weighted by Gasteiger charge is 2.36. The van der Waals surface area contributed by atoms with E-state index in [0.717, 1.165) is 23.1 Å². The van der Waals surface area contributed by atoms with E-state index in [4.69, 9.17) is 9.52 Å². The molecule has 1 aromatic carbocycles. The Kier molecular flexibility index (Phi) is 4.35. The molecule has 1 unspecified atom stereocenters. The van der Waals surface area contributed by atoms with Crippen molar-refractivity contribution in [1.82, 2.24) is 0 Å². The molecule has 1 aromatic heterocycles. The Morgan fingerprint density at radius 3 is 2.76 bits per heavy atom. The van der Waals surface area contributed by atoms with Crippen molar-refractivity contribution in [3.05, 3.63) is 39.7 Å². The number of hydrogen-bond donors (Lipinski definition) is 1. The van der Waals surface area contributed by atoms with Crippen molar-refractivity contribution in [3.8, 4) is 0 Å². The SMILES string of the molecule is Cc1cc(=O)oc2cc3c(cc12)C(C)CC(C)(C)N3CCCC(=O)O. The van der Waals surface area contributed by atoms with Gasteiger partial charge in [0.15, 0.2) is 0 Å². The summed E-state index contributed by atoms with van der Waals surface area (Å²) in [7, 11) is 0. The van der Waals surface area contributed by atoms with E-state index < -0.39 is 5.97 Å². The van der Waals surface area contributed by atoms with Gasteiger partial charge in [0.25, 0.3) is 0 Å². The summed E-state index contributed by atoms with van der Waals surface area (Å²) in [6.45, 7) is 9.18. The summed E-state index contributed by atoms with van der Waals surface area (Å²) < 4.78 is 5.43. The second-order valence-electron chi connectivity index (χ2n) is 7.72. The summed E-state index contributed by atoms with van der Waals surface area (Å²) in [5, 5.41) is 9.91. The van der Waals surface area contributed by atoms with Crippen LogP contribution in [-0.2, 0) is 4.79 Å². The molecule has 25 heavy (non-hydrogen) atoms. The number of fused-ring (bicyclic) bond motifs is 2. The summed E-state index contributed by atoms with van der Waals surface area (Å²) in [4.78, 5) is 24.9. The molecule has 0 spiro atoms. The molecule has 1 aliphatic heterocycles. The maximum absolute atomic E-state index is 11.7. The van der Waals surface area contributed by atoms with Crippen LogP contribution in [0.5, 0.6) is 0 Å². The second kappa shape index (κ2) is 6.21. The van der Waals surface area contributed by atoms with Gasteiger partial charge in [-0.25, -0.2) is 4.79 Å². The number of anilines is 1. The third-order valence-electron chi connectivity index (χ3n) is 5.23. The lowest BCUT2D eigenvalue weighted by Crippen LogP contribution is -2.48. The van der Waals surface area contributed by atoms with Crippen LogP contribution in [0.25, 0.3) is 11.0 Å². The number of rotatable bonds is 4. The van der Waals surface area contributed by atoms with E-state index in [0.29, 0.717) is 24.5 Å². The van der Waals surface area contributed by atoms with E-state index in [2.05, 4.69) is 31.7 Å². The summed E-state index contributed by atoms with van der Waals surface area (Å²) in [5.74, 6) is -0.389. The molecule has 2 aromatic rings. The molecule has 0 radical (unpaired) electrons. The molecule has 3 rings (SSSR count). The molecule has 0 bridgehead atoms. The van der Waals surface area contributed by atoms with Crippen LogP contribution >= 0.6 is 0 Å². The van der Waals surface area contributed by atoms with E-state index in [1.807, 2.05) is 13.0 Å². The minimum atomic E-state index is -0.774. The van der Waals surface area contributed by atoms with Gasteiger partial charge >= 0.3 is 11.6 Å². The fourth-order valence-electron chi connectivity index (χ4n) is 4.11. The van der Waals surface area contributed by atoms with Crippen molar-refractivity contribution in [2.45, 2.75) is 58.4 Å². The fourth-order valence-corrected chi connectivity index (χ4v) is 4.11. The molecule has 0 saturated heterocycles. The zero-order valence-electron chi connectivity index (χ0n) is 15.3. The van der Waals surface area contributed by atoms with Crippen LogP contribution in [0.3, 0.4) is 0 Å².